The number of fused-ring (bicyclic) bond motifs is 2. The Morgan fingerprint density at radius 2 is 2.04 bits per heavy atom. The number of benzene rings is 1. The SMILES string of the molecule is C=CCn1c(-c2nc3c([nH]2)c(-c2cccnc2)nn3C)nc2ccccc21. The summed E-state index contributed by atoms with van der Waals surface area (Å²) in [6.07, 6.45) is 5.41. The fraction of sp³-hybridized carbons (Fsp3) is 0.100. The number of H-pyrrole nitrogens is 1. The number of nitrogens with zero attached hydrogens (tertiary/aromatic N) is 6. The molecule has 1 N–H and O–H groups in total. The first-order chi connectivity index (χ1) is 13.3. The van der Waals surface area contributed by atoms with Gasteiger partial charge in [-0.05, 0) is 24.3 Å². The lowest BCUT2D eigenvalue weighted by atomic mass is 10.2. The van der Waals surface area contributed by atoms with E-state index >= 15 is 0 Å². The van der Waals surface area contributed by atoms with Gasteiger partial charge in [0.25, 0.3) is 0 Å². The van der Waals surface area contributed by atoms with Gasteiger partial charge in [-0.2, -0.15) is 5.10 Å². The molecule has 0 saturated heterocycles. The van der Waals surface area contributed by atoms with Crippen LogP contribution in [0, 0.1) is 0 Å². The maximum atomic E-state index is 4.79. The van der Waals surface area contributed by atoms with E-state index in [1.54, 1.807) is 17.1 Å². The number of para-hydroxylation sites is 2. The molecule has 5 aromatic rings. The summed E-state index contributed by atoms with van der Waals surface area (Å²) in [6.45, 7) is 4.53. The number of imidazole rings is 2. The molecule has 0 aliphatic rings. The minimum absolute atomic E-state index is 0.653. The van der Waals surface area contributed by atoms with E-state index in [1.165, 1.54) is 0 Å². The van der Waals surface area contributed by atoms with E-state index in [-0.39, 0.29) is 0 Å². The third-order valence-corrected chi connectivity index (χ3v) is 4.59. The molecule has 0 aliphatic carbocycles. The third kappa shape index (κ3) is 2.36. The molecule has 0 saturated carbocycles. The number of aryl methyl sites for hydroxylation is 1. The van der Waals surface area contributed by atoms with E-state index in [0.29, 0.717) is 12.4 Å². The molecule has 0 unspecified atom stereocenters. The monoisotopic (exact) mass is 355 g/mol. The summed E-state index contributed by atoms with van der Waals surface area (Å²) < 4.78 is 3.88. The Morgan fingerprint density at radius 1 is 1.15 bits per heavy atom. The first kappa shape index (κ1) is 15.5. The van der Waals surface area contributed by atoms with Crippen LogP contribution in [0.3, 0.4) is 0 Å². The van der Waals surface area contributed by atoms with Crippen molar-refractivity contribution in [3.05, 3.63) is 61.4 Å². The number of hydrogen-bond donors (Lipinski definition) is 1. The Kier molecular flexibility index (Phi) is 3.39. The van der Waals surface area contributed by atoms with Crippen molar-refractivity contribution in [3.8, 4) is 22.9 Å². The number of aromatic nitrogens is 7. The highest BCUT2D eigenvalue weighted by Crippen LogP contribution is 2.29. The minimum Gasteiger partial charge on any atom is -0.332 e. The van der Waals surface area contributed by atoms with Crippen molar-refractivity contribution in [2.75, 3.05) is 0 Å². The van der Waals surface area contributed by atoms with Crippen LogP contribution in [-0.2, 0) is 13.6 Å². The summed E-state index contributed by atoms with van der Waals surface area (Å²) in [5, 5.41) is 4.60. The number of nitrogens with one attached hydrogen (secondary N) is 1. The van der Waals surface area contributed by atoms with Gasteiger partial charge in [0.1, 0.15) is 11.2 Å². The maximum Gasteiger partial charge on any atom is 0.177 e. The molecule has 5 rings (SSSR count). The van der Waals surface area contributed by atoms with Gasteiger partial charge in [-0.3, -0.25) is 4.98 Å². The van der Waals surface area contributed by atoms with Crippen LogP contribution in [0.15, 0.2) is 61.4 Å². The number of pyridine rings is 1. The summed E-state index contributed by atoms with van der Waals surface area (Å²) in [6, 6.07) is 11.9. The van der Waals surface area contributed by atoms with Crippen LogP contribution in [0.1, 0.15) is 0 Å². The highest BCUT2D eigenvalue weighted by Gasteiger charge is 2.20. The van der Waals surface area contributed by atoms with Crippen molar-refractivity contribution in [2.24, 2.45) is 7.05 Å². The van der Waals surface area contributed by atoms with Gasteiger partial charge in [0, 0.05) is 31.5 Å². The number of hydrogen-bond acceptors (Lipinski definition) is 4. The molecule has 4 aromatic heterocycles. The predicted molar refractivity (Wildman–Crippen MR) is 105 cm³/mol. The van der Waals surface area contributed by atoms with E-state index < -0.39 is 0 Å². The molecule has 27 heavy (non-hydrogen) atoms. The molecule has 132 valence electrons. The first-order valence-corrected chi connectivity index (χ1v) is 8.66. The van der Waals surface area contributed by atoms with Crippen LogP contribution < -0.4 is 0 Å². The zero-order chi connectivity index (χ0) is 18.4. The van der Waals surface area contributed by atoms with Gasteiger partial charge in [-0.15, -0.1) is 6.58 Å². The van der Waals surface area contributed by atoms with Gasteiger partial charge in [0.05, 0.1) is 11.0 Å². The topological polar surface area (TPSA) is 77.2 Å². The Labute approximate surface area is 155 Å². The van der Waals surface area contributed by atoms with Gasteiger partial charge in [-0.25, -0.2) is 14.6 Å². The number of rotatable bonds is 4. The third-order valence-electron chi connectivity index (χ3n) is 4.59. The Bertz CT molecular complexity index is 1270. The zero-order valence-corrected chi connectivity index (χ0v) is 14.8. The molecule has 0 amide bonds. The normalized spacial score (nSPS) is 11.4. The summed E-state index contributed by atoms with van der Waals surface area (Å²) in [5.41, 5.74) is 5.40. The van der Waals surface area contributed by atoms with E-state index in [9.17, 15) is 0 Å². The summed E-state index contributed by atoms with van der Waals surface area (Å²) >= 11 is 0. The van der Waals surface area contributed by atoms with Gasteiger partial charge >= 0.3 is 0 Å². The second kappa shape index (κ2) is 5.91. The lowest BCUT2D eigenvalue weighted by Crippen LogP contribution is -2.00. The molecular weight excluding hydrogens is 338 g/mol. The molecule has 0 spiro atoms. The van der Waals surface area contributed by atoms with Crippen LogP contribution in [-0.4, -0.2) is 34.3 Å². The molecular formula is C20H17N7. The maximum absolute atomic E-state index is 4.79. The van der Waals surface area contributed by atoms with E-state index in [1.807, 2.05) is 43.5 Å². The summed E-state index contributed by atoms with van der Waals surface area (Å²) in [7, 11) is 1.89. The molecule has 0 aliphatic heterocycles. The van der Waals surface area contributed by atoms with Gasteiger partial charge < -0.3 is 9.55 Å². The first-order valence-electron chi connectivity index (χ1n) is 8.66. The molecule has 7 nitrogen and oxygen atoms in total. The van der Waals surface area contributed by atoms with Crippen molar-refractivity contribution in [1.29, 1.82) is 0 Å². The van der Waals surface area contributed by atoms with Crippen LogP contribution in [0.5, 0.6) is 0 Å². The Balaban J connectivity index is 1.74. The van der Waals surface area contributed by atoms with E-state index in [0.717, 1.165) is 39.3 Å². The van der Waals surface area contributed by atoms with Gasteiger partial charge in [0.15, 0.2) is 17.3 Å². The number of allylic oxidation sites excluding steroid dienone is 1. The highest BCUT2D eigenvalue weighted by atomic mass is 15.3. The van der Waals surface area contributed by atoms with Crippen LogP contribution in [0.25, 0.3) is 45.1 Å². The Morgan fingerprint density at radius 3 is 2.85 bits per heavy atom. The smallest absolute Gasteiger partial charge is 0.177 e. The molecule has 0 radical (unpaired) electrons. The average molecular weight is 355 g/mol. The molecule has 0 atom stereocenters. The predicted octanol–water partition coefficient (Wildman–Crippen LogP) is 3.56. The largest absolute Gasteiger partial charge is 0.332 e. The fourth-order valence-electron chi connectivity index (χ4n) is 3.39. The van der Waals surface area contributed by atoms with Gasteiger partial charge in [-0.1, -0.05) is 18.2 Å². The van der Waals surface area contributed by atoms with Crippen molar-refractivity contribution in [2.45, 2.75) is 6.54 Å². The van der Waals surface area contributed by atoms with Crippen molar-refractivity contribution in [1.82, 2.24) is 34.3 Å². The van der Waals surface area contributed by atoms with Crippen molar-refractivity contribution >= 4 is 22.2 Å². The standard InChI is InChI=1S/C20H17N7/c1-3-11-27-15-9-5-4-8-14(15)22-20(27)18-23-17-16(13-7-6-10-21-12-13)25-26(2)19(17)24-18/h3-10,12H,1,11H2,2H3,(H,23,24). The molecule has 0 fully saturated rings. The van der Waals surface area contributed by atoms with Crippen LogP contribution in [0.2, 0.25) is 0 Å². The zero-order valence-electron chi connectivity index (χ0n) is 14.8. The van der Waals surface area contributed by atoms with Crippen molar-refractivity contribution < 1.29 is 0 Å². The summed E-state index contributed by atoms with van der Waals surface area (Å²) in [5.74, 6) is 1.49. The second-order valence-corrected chi connectivity index (χ2v) is 6.32. The van der Waals surface area contributed by atoms with E-state index in [2.05, 4.69) is 32.3 Å². The fourth-order valence-corrected chi connectivity index (χ4v) is 3.39. The molecule has 4 heterocycles. The van der Waals surface area contributed by atoms with Crippen LogP contribution in [0.4, 0.5) is 0 Å². The Hall–Kier alpha value is -3.74. The summed E-state index contributed by atoms with van der Waals surface area (Å²) in [4.78, 5) is 17.2. The average Bonchev–Trinajstić information content (AvgIpc) is 3.36. The highest BCUT2D eigenvalue weighted by molar-refractivity contribution is 5.90. The van der Waals surface area contributed by atoms with Crippen molar-refractivity contribution in [3.63, 3.8) is 0 Å². The minimum atomic E-state index is 0.653. The van der Waals surface area contributed by atoms with Crippen LogP contribution >= 0.6 is 0 Å². The lowest BCUT2D eigenvalue weighted by Gasteiger charge is -2.04. The molecule has 7 heteroatoms. The quantitative estimate of drug-likeness (QED) is 0.500. The molecule has 0 bridgehead atoms. The second-order valence-electron chi connectivity index (χ2n) is 6.32. The molecule has 1 aromatic carbocycles. The lowest BCUT2D eigenvalue weighted by molar-refractivity contribution is 0.788. The number of aromatic amines is 1. The van der Waals surface area contributed by atoms with E-state index in [4.69, 9.17) is 9.97 Å². The van der Waals surface area contributed by atoms with Gasteiger partial charge in [0.2, 0.25) is 0 Å².